The topological polar surface area (TPSA) is 171 Å². The number of cyclic esters (lactones) is 1. The molecule has 1 spiro atoms. The smallest absolute Gasteiger partial charge is 0.324 e. The van der Waals surface area contributed by atoms with Crippen LogP contribution in [-0.4, -0.2) is 175 Å². The average Bonchev–Trinajstić information content (AvgIpc) is 1.66. The molecule has 18 heteroatoms. The third kappa shape index (κ3) is 12.0. The van der Waals surface area contributed by atoms with Crippen LogP contribution in [0, 0.1) is 22.7 Å². The maximum Gasteiger partial charge on any atom is 0.324 e. The minimum atomic E-state index is -1.25. The van der Waals surface area contributed by atoms with Crippen molar-refractivity contribution in [1.82, 2.24) is 44.3 Å². The lowest BCUT2D eigenvalue weighted by molar-refractivity contribution is -0.155. The highest BCUT2D eigenvalue weighted by Gasteiger charge is 2.68. The van der Waals surface area contributed by atoms with Gasteiger partial charge in [-0.15, -0.1) is 4.31 Å². The summed E-state index contributed by atoms with van der Waals surface area (Å²) in [6.07, 6.45) is 11.3. The van der Waals surface area contributed by atoms with Crippen LogP contribution in [0.3, 0.4) is 0 Å². The predicted molar refractivity (Wildman–Crippen MR) is 334 cm³/mol. The molecular weight excluding hydrogens is 1090 g/mol. The summed E-state index contributed by atoms with van der Waals surface area (Å²) in [6.45, 7) is 26.7. The van der Waals surface area contributed by atoms with Gasteiger partial charge in [0.1, 0.15) is 16.8 Å². The van der Waals surface area contributed by atoms with Gasteiger partial charge in [-0.25, -0.2) is 5.43 Å². The molecule has 3 amide bonds. The SMILES string of the molecule is CCn1c(-c2cc(N3CCN4CCCC[C@@H]4C3)cnc2[C@H](C)OC)c2c3cc(ccc31)-c1cccc(c1)C[C@H](NC(=O)[C@H](C(C)C)N1CC[C@]3(CCN(C(=O)[C@H]4[C@@H](C5CC5)N4[S+]([O-])C(C)(C)C)C3)C1)C(=O)N1CCC[C@H](N1)C(=O)OCC(C)(C)C2. The number of rotatable bonds is 12. The first-order chi connectivity index (χ1) is 40.6. The van der Waals surface area contributed by atoms with Crippen LogP contribution in [0.15, 0.2) is 54.7 Å². The molecule has 17 nitrogen and oxygen atoms in total. The number of hydrazine groups is 1. The van der Waals surface area contributed by atoms with Crippen LogP contribution in [0.1, 0.15) is 143 Å². The maximum absolute atomic E-state index is 15.1. The number of amides is 3. The quantitative estimate of drug-likeness (QED) is 0.0790. The first-order valence-corrected chi connectivity index (χ1v) is 33.3. The van der Waals surface area contributed by atoms with Crippen LogP contribution in [0.25, 0.3) is 33.3 Å². The highest BCUT2D eigenvalue weighted by molar-refractivity contribution is 7.90. The van der Waals surface area contributed by atoms with Crippen molar-refractivity contribution in [2.45, 2.75) is 187 Å². The third-order valence-corrected chi connectivity index (χ3v) is 22.2. The Morgan fingerprint density at radius 3 is 2.47 bits per heavy atom. The molecule has 7 aliphatic heterocycles. The largest absolute Gasteiger partial charge is 0.597 e. The number of nitrogens with zero attached hydrogens (tertiary/aromatic N) is 8. The summed E-state index contributed by atoms with van der Waals surface area (Å²) in [5, 5.41) is 5.97. The molecule has 2 unspecified atom stereocenters. The summed E-state index contributed by atoms with van der Waals surface area (Å²) in [6, 6.07) is 15.5. The molecule has 8 aliphatic rings. The molecule has 1 aliphatic carbocycles. The number of ether oxygens (including phenoxy) is 2. The molecule has 0 radical (unpaired) electrons. The number of fused-ring (bicyclic) bond motifs is 7. The first kappa shape index (κ1) is 60.2. The summed E-state index contributed by atoms with van der Waals surface area (Å²) in [5.74, 6) is -0.452. The Balaban J connectivity index is 0.849. The van der Waals surface area contributed by atoms with Gasteiger partial charge in [-0.2, -0.15) is 0 Å². The summed E-state index contributed by atoms with van der Waals surface area (Å²) >= 11 is -1.25. The van der Waals surface area contributed by atoms with Crippen LogP contribution in [-0.2, 0) is 59.4 Å². The molecule has 12 rings (SSSR count). The average molecular weight is 1180 g/mol. The zero-order chi connectivity index (χ0) is 59.9. The minimum Gasteiger partial charge on any atom is -0.597 e. The number of benzene rings is 2. The van der Waals surface area contributed by atoms with E-state index >= 15 is 9.59 Å². The lowest BCUT2D eigenvalue weighted by Crippen LogP contribution is -2.62. The monoisotopic (exact) mass is 1180 g/mol. The summed E-state index contributed by atoms with van der Waals surface area (Å²) in [4.78, 5) is 73.7. The number of carbonyl (C=O) groups is 4. The molecule has 2 aromatic carbocycles. The molecule has 10 atom stereocenters. The van der Waals surface area contributed by atoms with Crippen LogP contribution in [0.4, 0.5) is 5.69 Å². The molecule has 6 bridgehead atoms. The minimum absolute atomic E-state index is 0.0590. The van der Waals surface area contributed by atoms with E-state index in [1.54, 1.807) is 12.1 Å². The number of aryl methyl sites for hydroxylation is 1. The number of anilines is 1. The Bertz CT molecular complexity index is 3170. The molecule has 460 valence electrons. The van der Waals surface area contributed by atoms with Crippen LogP contribution in [0.5, 0.6) is 0 Å². The number of pyridine rings is 1. The molecule has 2 N–H and O–H groups in total. The zero-order valence-corrected chi connectivity index (χ0v) is 53.1. The van der Waals surface area contributed by atoms with Gasteiger partial charge < -0.3 is 33.7 Å². The molecule has 85 heavy (non-hydrogen) atoms. The highest BCUT2D eigenvalue weighted by atomic mass is 32.2. The third-order valence-electron chi connectivity index (χ3n) is 20.3. The van der Waals surface area contributed by atoms with E-state index in [-0.39, 0.29) is 60.3 Å². The lowest BCUT2D eigenvalue weighted by atomic mass is 9.84. The number of esters is 1. The van der Waals surface area contributed by atoms with E-state index in [0.717, 1.165) is 101 Å². The molecule has 1 saturated carbocycles. The van der Waals surface area contributed by atoms with E-state index in [4.69, 9.17) is 14.5 Å². The fourth-order valence-electron chi connectivity index (χ4n) is 15.5. The number of likely N-dealkylation sites (tertiary alicyclic amines) is 2. The van der Waals surface area contributed by atoms with Crippen molar-refractivity contribution in [2.24, 2.45) is 22.7 Å². The molecule has 2 aromatic heterocycles. The number of nitrogens with one attached hydrogen (secondary N) is 2. The van der Waals surface area contributed by atoms with Gasteiger partial charge in [0, 0.05) is 111 Å². The number of hydrogen-bond acceptors (Lipinski definition) is 13. The van der Waals surface area contributed by atoms with Gasteiger partial charge in [0.25, 0.3) is 5.91 Å². The van der Waals surface area contributed by atoms with E-state index in [1.807, 2.05) is 48.3 Å². The number of piperazine rings is 1. The van der Waals surface area contributed by atoms with Crippen LogP contribution < -0.4 is 15.6 Å². The Morgan fingerprint density at radius 1 is 0.929 bits per heavy atom. The highest BCUT2D eigenvalue weighted by Crippen LogP contribution is 2.52. The Morgan fingerprint density at radius 2 is 1.72 bits per heavy atom. The number of aromatic nitrogens is 2. The summed E-state index contributed by atoms with van der Waals surface area (Å²) in [5.41, 5.74) is 12.0. The predicted octanol–water partition coefficient (Wildman–Crippen LogP) is 8.29. The van der Waals surface area contributed by atoms with E-state index in [0.29, 0.717) is 70.5 Å². The Hall–Kier alpha value is -5.08. The second kappa shape index (κ2) is 23.8. The fraction of sp³-hybridized carbons (Fsp3) is 0.657. The number of methoxy groups -OCH3 is 1. The number of hydrogen-bond donors (Lipinski definition) is 2. The number of carbonyl (C=O) groups excluding carboxylic acids is 4. The van der Waals surface area contributed by atoms with Crippen molar-refractivity contribution in [3.63, 3.8) is 0 Å². The molecule has 9 heterocycles. The standard InChI is InChI=1S/C67H94N10O7S/c1-11-75-55-23-22-47-34-50(55)52(59(75)51-35-49(37-68-56(51)43(4)83-10)72-31-30-71-26-13-12-18-48(71)38-72)36-66(8,9)41-84-64(81)53-19-15-27-76(70-53)62(79)54(33-44-16-14-17-46(47)32-44)69-61(78)57(42(2)3)73-28-24-67(39-73)25-29-74(40-67)63(80)60-58(45-20-21-45)77(60)85(82)65(5,6)7/h14,16-17,22-23,32,34-35,37,42-43,45,48,53-54,57-58,60,70H,11-13,15,18-21,24-31,33,36,38-41H2,1-10H3,(H,69,78)/t43-,48+,53-,54-,57-,58+,60+,67-,77?,85?/m0/s1. The van der Waals surface area contributed by atoms with Gasteiger partial charge in [0.05, 0.1) is 48.1 Å². The van der Waals surface area contributed by atoms with Crippen molar-refractivity contribution in [2.75, 3.05) is 77.5 Å². The van der Waals surface area contributed by atoms with Crippen molar-refractivity contribution < 1.29 is 33.2 Å². The Labute approximate surface area is 507 Å². The normalized spacial score (nSPS) is 28.8. The van der Waals surface area contributed by atoms with Crippen molar-refractivity contribution in [3.8, 4) is 22.4 Å². The summed E-state index contributed by atoms with van der Waals surface area (Å²) in [7, 11) is 1.75. The van der Waals surface area contributed by atoms with Crippen molar-refractivity contribution in [3.05, 3.63) is 71.5 Å². The van der Waals surface area contributed by atoms with Gasteiger partial charge in [-0.05, 0) is 158 Å². The van der Waals surface area contributed by atoms with Gasteiger partial charge in [-0.1, -0.05) is 64.4 Å². The van der Waals surface area contributed by atoms with Crippen molar-refractivity contribution in [1.29, 1.82) is 0 Å². The Kier molecular flexibility index (Phi) is 16.9. The van der Waals surface area contributed by atoms with Gasteiger partial charge in [0.2, 0.25) is 11.8 Å². The first-order valence-electron chi connectivity index (χ1n) is 32.2. The van der Waals surface area contributed by atoms with E-state index in [9.17, 15) is 14.1 Å². The van der Waals surface area contributed by atoms with Crippen LogP contribution in [0.2, 0.25) is 0 Å². The molecule has 7 fully saturated rings. The second-order valence-electron chi connectivity index (χ2n) is 28.6. The zero-order valence-electron chi connectivity index (χ0n) is 52.3. The van der Waals surface area contributed by atoms with E-state index in [2.05, 4.69) is 108 Å². The van der Waals surface area contributed by atoms with E-state index < -0.39 is 45.6 Å². The van der Waals surface area contributed by atoms with Gasteiger partial charge in [0.15, 0.2) is 6.04 Å². The lowest BCUT2D eigenvalue weighted by Gasteiger charge is -2.45. The molecule has 6 saturated heterocycles. The number of piperidine rings is 1. The van der Waals surface area contributed by atoms with Gasteiger partial charge in [-0.3, -0.25) is 39.0 Å². The maximum atomic E-state index is 15.1. The molecular formula is C67H94N10O7S. The van der Waals surface area contributed by atoms with Gasteiger partial charge >= 0.3 is 5.97 Å². The second-order valence-corrected chi connectivity index (χ2v) is 30.7. The van der Waals surface area contributed by atoms with Crippen molar-refractivity contribution >= 4 is 51.6 Å². The fourth-order valence-corrected chi connectivity index (χ4v) is 17.0. The van der Waals surface area contributed by atoms with E-state index in [1.165, 1.54) is 25.8 Å². The summed E-state index contributed by atoms with van der Waals surface area (Å²) < 4.78 is 30.0. The molecule has 4 aromatic rings. The van der Waals surface area contributed by atoms with Crippen LogP contribution >= 0.6 is 0 Å².